The van der Waals surface area contributed by atoms with Crippen molar-refractivity contribution in [2.45, 2.75) is 30.5 Å². The van der Waals surface area contributed by atoms with Crippen LogP contribution in [0.5, 0.6) is 0 Å². The molecule has 0 fully saturated rings. The second kappa shape index (κ2) is 8.86. The molecule has 0 saturated heterocycles. The molecule has 0 spiro atoms. The van der Waals surface area contributed by atoms with Crippen molar-refractivity contribution in [2.75, 3.05) is 11.3 Å². The topological polar surface area (TPSA) is 83.6 Å². The third kappa shape index (κ3) is 4.99. The van der Waals surface area contributed by atoms with Gasteiger partial charge in [-0.1, -0.05) is 53.6 Å². The molecule has 0 radical (unpaired) electrons. The van der Waals surface area contributed by atoms with Gasteiger partial charge >= 0.3 is 0 Å². The van der Waals surface area contributed by atoms with Gasteiger partial charge in [0.15, 0.2) is 0 Å². The first kappa shape index (κ1) is 22.8. The van der Waals surface area contributed by atoms with E-state index in [2.05, 4.69) is 4.72 Å². The van der Waals surface area contributed by atoms with Crippen molar-refractivity contribution >= 4 is 37.3 Å². The van der Waals surface area contributed by atoms with Crippen LogP contribution >= 0.6 is 11.6 Å². The van der Waals surface area contributed by atoms with Crippen LogP contribution in [0.3, 0.4) is 0 Å². The number of aryl methyl sites for hydroxylation is 1. The summed E-state index contributed by atoms with van der Waals surface area (Å²) in [6.45, 7) is 2.47. The molecule has 0 bridgehead atoms. The smallest absolute Gasteiger partial charge is 0.243 e. The molecule has 3 aromatic rings. The van der Waals surface area contributed by atoms with Gasteiger partial charge in [-0.15, -0.1) is 0 Å². The highest BCUT2D eigenvalue weighted by atomic mass is 35.5. The Kier molecular flexibility index (Phi) is 6.31. The van der Waals surface area contributed by atoms with Gasteiger partial charge in [-0.05, 0) is 60.4 Å². The van der Waals surface area contributed by atoms with Gasteiger partial charge in [0.2, 0.25) is 20.0 Å². The SMILES string of the molecule is Cc1ccc(S(=O)(=O)N2CCc3ccc(NS(=O)(=O)Cc4ccccc4Cl)cc3C2)cc1. The van der Waals surface area contributed by atoms with E-state index in [1.54, 1.807) is 60.7 Å². The molecule has 1 N–H and O–H groups in total. The lowest BCUT2D eigenvalue weighted by atomic mass is 10.0. The largest absolute Gasteiger partial charge is 0.283 e. The molecule has 0 unspecified atom stereocenters. The Labute approximate surface area is 193 Å². The molecular formula is C23H23ClN2O4S2. The molecular weight excluding hydrogens is 468 g/mol. The molecule has 168 valence electrons. The fourth-order valence-electron chi connectivity index (χ4n) is 3.69. The fraction of sp³-hybridized carbons (Fsp3) is 0.217. The number of sulfonamides is 2. The van der Waals surface area contributed by atoms with Gasteiger partial charge in [-0.3, -0.25) is 4.72 Å². The molecule has 0 atom stereocenters. The number of rotatable bonds is 6. The van der Waals surface area contributed by atoms with E-state index in [1.165, 1.54) is 4.31 Å². The molecule has 1 aliphatic rings. The van der Waals surface area contributed by atoms with E-state index in [4.69, 9.17) is 11.6 Å². The highest BCUT2D eigenvalue weighted by Crippen LogP contribution is 2.28. The number of hydrogen-bond donors (Lipinski definition) is 1. The summed E-state index contributed by atoms with van der Waals surface area (Å²) in [5, 5.41) is 0.389. The predicted octanol–water partition coefficient (Wildman–Crippen LogP) is 4.34. The molecule has 0 aromatic heterocycles. The Morgan fingerprint density at radius 1 is 0.938 bits per heavy atom. The first-order chi connectivity index (χ1) is 15.1. The zero-order valence-corrected chi connectivity index (χ0v) is 19.8. The molecule has 0 amide bonds. The predicted molar refractivity (Wildman–Crippen MR) is 127 cm³/mol. The van der Waals surface area contributed by atoms with E-state index < -0.39 is 20.0 Å². The van der Waals surface area contributed by atoms with Crippen molar-refractivity contribution in [3.8, 4) is 0 Å². The summed E-state index contributed by atoms with van der Waals surface area (Å²) in [5.41, 5.74) is 3.68. The van der Waals surface area contributed by atoms with Crippen molar-refractivity contribution in [3.05, 3.63) is 94.0 Å². The molecule has 4 rings (SSSR count). The van der Waals surface area contributed by atoms with Crippen molar-refractivity contribution in [1.82, 2.24) is 4.31 Å². The molecule has 6 nitrogen and oxygen atoms in total. The van der Waals surface area contributed by atoms with Crippen LogP contribution < -0.4 is 4.72 Å². The van der Waals surface area contributed by atoms with E-state index in [1.807, 2.05) is 13.0 Å². The maximum Gasteiger partial charge on any atom is 0.243 e. The lowest BCUT2D eigenvalue weighted by Gasteiger charge is -2.28. The summed E-state index contributed by atoms with van der Waals surface area (Å²) in [7, 11) is -7.33. The van der Waals surface area contributed by atoms with Crippen LogP contribution in [0.2, 0.25) is 5.02 Å². The monoisotopic (exact) mass is 490 g/mol. The summed E-state index contributed by atoms with van der Waals surface area (Å²) < 4.78 is 55.4. The van der Waals surface area contributed by atoms with E-state index >= 15 is 0 Å². The molecule has 3 aromatic carbocycles. The van der Waals surface area contributed by atoms with Crippen LogP contribution in [-0.4, -0.2) is 27.7 Å². The number of hydrogen-bond acceptors (Lipinski definition) is 4. The average molecular weight is 491 g/mol. The van der Waals surface area contributed by atoms with Crippen molar-refractivity contribution in [3.63, 3.8) is 0 Å². The van der Waals surface area contributed by atoms with Crippen LogP contribution in [0.25, 0.3) is 0 Å². The summed E-state index contributed by atoms with van der Waals surface area (Å²) in [5.74, 6) is -0.252. The molecule has 0 saturated carbocycles. The second-order valence-corrected chi connectivity index (χ2v) is 11.9. The lowest BCUT2D eigenvalue weighted by Crippen LogP contribution is -2.36. The van der Waals surface area contributed by atoms with Crippen molar-refractivity contribution < 1.29 is 16.8 Å². The van der Waals surface area contributed by atoms with Gasteiger partial charge in [0.25, 0.3) is 0 Å². The van der Waals surface area contributed by atoms with Crippen LogP contribution in [0.4, 0.5) is 5.69 Å². The minimum absolute atomic E-state index is 0.186. The minimum Gasteiger partial charge on any atom is -0.283 e. The summed E-state index contributed by atoms with van der Waals surface area (Å²) in [4.78, 5) is 0.253. The Morgan fingerprint density at radius 2 is 1.66 bits per heavy atom. The first-order valence-corrected chi connectivity index (χ1v) is 13.5. The Bertz CT molecular complexity index is 1350. The van der Waals surface area contributed by atoms with Crippen LogP contribution in [0, 0.1) is 6.92 Å². The summed E-state index contributed by atoms with van der Waals surface area (Å²) >= 11 is 6.09. The quantitative estimate of drug-likeness (QED) is 0.557. The van der Waals surface area contributed by atoms with Crippen LogP contribution in [0.15, 0.2) is 71.6 Å². The molecule has 1 aliphatic heterocycles. The highest BCUT2D eigenvalue weighted by molar-refractivity contribution is 7.92. The van der Waals surface area contributed by atoms with Crippen molar-refractivity contribution in [2.24, 2.45) is 0 Å². The number of benzene rings is 3. The van der Waals surface area contributed by atoms with Gasteiger partial charge in [0, 0.05) is 23.8 Å². The second-order valence-electron chi connectivity index (χ2n) is 7.84. The zero-order valence-electron chi connectivity index (χ0n) is 17.5. The maximum absolute atomic E-state index is 13.1. The molecule has 0 aliphatic carbocycles. The molecule has 9 heteroatoms. The van der Waals surface area contributed by atoms with Gasteiger partial charge in [-0.25, -0.2) is 16.8 Å². The summed E-state index contributed by atoms with van der Waals surface area (Å²) in [6.07, 6.45) is 0.563. The standard InChI is InChI=1S/C23H23ClN2O4S2/c1-17-6-10-22(11-7-17)32(29,30)26-13-12-18-8-9-21(14-20(18)15-26)25-31(27,28)16-19-4-2-3-5-23(19)24/h2-11,14,25H,12-13,15-16H2,1H3. The van der Waals surface area contributed by atoms with Gasteiger partial charge in [-0.2, -0.15) is 4.31 Å². The number of halogens is 1. The van der Waals surface area contributed by atoms with Gasteiger partial charge in [0.1, 0.15) is 0 Å². The lowest BCUT2D eigenvalue weighted by molar-refractivity contribution is 0.391. The van der Waals surface area contributed by atoms with Crippen molar-refractivity contribution in [1.29, 1.82) is 0 Å². The number of fused-ring (bicyclic) bond motifs is 1. The third-order valence-electron chi connectivity index (χ3n) is 5.42. The first-order valence-electron chi connectivity index (χ1n) is 10.1. The van der Waals surface area contributed by atoms with Crippen LogP contribution in [-0.2, 0) is 38.8 Å². The average Bonchev–Trinajstić information content (AvgIpc) is 2.75. The summed E-state index contributed by atoms with van der Waals surface area (Å²) in [6, 6.07) is 18.8. The molecule has 1 heterocycles. The maximum atomic E-state index is 13.1. The number of anilines is 1. The fourth-order valence-corrected chi connectivity index (χ4v) is 6.62. The van der Waals surface area contributed by atoms with Gasteiger partial charge in [0.05, 0.1) is 10.6 Å². The van der Waals surface area contributed by atoms with E-state index in [-0.39, 0.29) is 17.2 Å². The minimum atomic E-state index is -3.69. The number of nitrogens with zero attached hydrogens (tertiary/aromatic N) is 1. The number of nitrogens with one attached hydrogen (secondary N) is 1. The van der Waals surface area contributed by atoms with Crippen LogP contribution in [0.1, 0.15) is 22.3 Å². The normalized spacial score (nSPS) is 14.7. The third-order valence-corrected chi connectivity index (χ3v) is 8.88. The van der Waals surface area contributed by atoms with E-state index in [0.29, 0.717) is 29.2 Å². The zero-order chi connectivity index (χ0) is 22.9. The Balaban J connectivity index is 1.54. The highest BCUT2D eigenvalue weighted by Gasteiger charge is 2.28. The van der Waals surface area contributed by atoms with Gasteiger partial charge < -0.3 is 0 Å². The molecule has 32 heavy (non-hydrogen) atoms. The Morgan fingerprint density at radius 3 is 2.38 bits per heavy atom. The Hall–Kier alpha value is -2.39. The van der Waals surface area contributed by atoms with E-state index in [0.717, 1.165) is 16.7 Å². The van der Waals surface area contributed by atoms with E-state index in [9.17, 15) is 16.8 Å².